The molecule has 1 aromatic heterocycles. The van der Waals surface area contributed by atoms with Gasteiger partial charge in [-0.2, -0.15) is 0 Å². The van der Waals surface area contributed by atoms with Gasteiger partial charge >= 0.3 is 0 Å². The third-order valence-corrected chi connectivity index (χ3v) is 6.34. The monoisotopic (exact) mass is 308 g/mol. The molecule has 1 atom stereocenters. The fourth-order valence-electron chi connectivity index (χ4n) is 2.44. The Labute approximate surface area is 117 Å². The Hall–Kier alpha value is -0.170. The minimum absolute atomic E-state index is 0.0135. The molecule has 0 radical (unpaired) electrons. The smallest absolute Gasteiger partial charge is 0.232 e. The summed E-state index contributed by atoms with van der Waals surface area (Å²) in [6.07, 6.45) is 5.29. The van der Waals surface area contributed by atoms with E-state index in [0.29, 0.717) is 0 Å². The highest BCUT2D eigenvalue weighted by Gasteiger charge is 2.31. The molecule has 1 heterocycles. The van der Waals surface area contributed by atoms with E-state index in [1.54, 1.807) is 0 Å². The van der Waals surface area contributed by atoms with E-state index in [1.807, 2.05) is 0 Å². The van der Waals surface area contributed by atoms with Gasteiger partial charge in [0.15, 0.2) is 8.68 Å². The summed E-state index contributed by atoms with van der Waals surface area (Å²) in [5.74, 6) is 0. The van der Waals surface area contributed by atoms with E-state index in [2.05, 4.69) is 23.6 Å². The maximum Gasteiger partial charge on any atom is 0.251 e. The molecule has 1 N–H and O–H groups in total. The molecule has 1 unspecified atom stereocenters. The number of rotatable bonds is 3. The normalized spacial score (nSPS) is 24.1. The number of nitrogens with one attached hydrogen (secondary N) is 1. The summed E-state index contributed by atoms with van der Waals surface area (Å²) >= 11 is 6.66. The number of hydrogen-bond donors (Lipinski definition) is 1. The average Bonchev–Trinajstić information content (AvgIpc) is 2.63. The van der Waals surface area contributed by atoms with E-state index >= 15 is 0 Å². The second kappa shape index (κ2) is 5.07. The van der Waals surface area contributed by atoms with Crippen LogP contribution in [-0.4, -0.2) is 19.4 Å². The van der Waals surface area contributed by atoms with Gasteiger partial charge in [-0.25, -0.2) is 18.1 Å². The second-order valence-electron chi connectivity index (χ2n) is 5.51. The quantitative estimate of drug-likeness (QED) is 0.933. The predicted octanol–water partition coefficient (Wildman–Crippen LogP) is 3.04. The first-order chi connectivity index (χ1) is 8.28. The molecule has 1 aliphatic rings. The van der Waals surface area contributed by atoms with E-state index in [9.17, 15) is 8.42 Å². The molecule has 1 aromatic rings. The summed E-state index contributed by atoms with van der Waals surface area (Å²) in [6.45, 7) is 4.36. The van der Waals surface area contributed by atoms with Crippen molar-refractivity contribution in [1.82, 2.24) is 9.71 Å². The van der Waals surface area contributed by atoms with Gasteiger partial charge in [0.2, 0.25) is 0 Å². The zero-order chi connectivity index (χ0) is 13.4. The van der Waals surface area contributed by atoms with Crippen molar-refractivity contribution < 1.29 is 8.42 Å². The molecular weight excluding hydrogens is 292 g/mol. The van der Waals surface area contributed by atoms with Crippen LogP contribution in [0.5, 0.6) is 0 Å². The average molecular weight is 309 g/mol. The van der Waals surface area contributed by atoms with Crippen molar-refractivity contribution in [2.75, 3.05) is 0 Å². The van der Waals surface area contributed by atoms with Gasteiger partial charge in [0, 0.05) is 6.04 Å². The maximum absolute atomic E-state index is 12.1. The Morgan fingerprint density at radius 3 is 2.83 bits per heavy atom. The van der Waals surface area contributed by atoms with E-state index in [0.717, 1.165) is 37.0 Å². The summed E-state index contributed by atoms with van der Waals surface area (Å²) in [5, 5.41) is 0. The lowest BCUT2D eigenvalue weighted by atomic mass is 9.75. The van der Waals surface area contributed by atoms with Crippen molar-refractivity contribution in [3.05, 3.63) is 10.7 Å². The van der Waals surface area contributed by atoms with Crippen molar-refractivity contribution in [1.29, 1.82) is 0 Å². The molecule has 2 rings (SSSR count). The lowest BCUT2D eigenvalue weighted by Crippen LogP contribution is -2.40. The Kier molecular flexibility index (Phi) is 4.02. The number of halogens is 1. The molecule has 0 saturated heterocycles. The minimum Gasteiger partial charge on any atom is -0.232 e. The van der Waals surface area contributed by atoms with Gasteiger partial charge in [-0.1, -0.05) is 43.2 Å². The second-order valence-corrected chi connectivity index (χ2v) is 9.06. The predicted molar refractivity (Wildman–Crippen MR) is 73.5 cm³/mol. The van der Waals surface area contributed by atoms with Gasteiger partial charge in [0.25, 0.3) is 10.0 Å². The number of hydrogen-bond acceptors (Lipinski definition) is 4. The van der Waals surface area contributed by atoms with Crippen LogP contribution in [0.2, 0.25) is 4.47 Å². The number of thiazole rings is 1. The van der Waals surface area contributed by atoms with Crippen LogP contribution >= 0.6 is 22.9 Å². The molecule has 0 aliphatic heterocycles. The molecular formula is C11H17ClN2O2S2. The van der Waals surface area contributed by atoms with Crippen molar-refractivity contribution in [3.8, 4) is 0 Å². The highest BCUT2D eigenvalue weighted by Crippen LogP contribution is 2.35. The Bertz CT molecular complexity index is 525. The Morgan fingerprint density at radius 2 is 2.28 bits per heavy atom. The third-order valence-electron chi connectivity index (χ3n) is 3.25. The van der Waals surface area contributed by atoms with E-state index in [1.165, 1.54) is 6.20 Å². The molecule has 1 aliphatic carbocycles. The zero-order valence-corrected chi connectivity index (χ0v) is 12.8. The topological polar surface area (TPSA) is 59.1 Å². The lowest BCUT2D eigenvalue weighted by molar-refractivity contribution is 0.212. The highest BCUT2D eigenvalue weighted by molar-refractivity contribution is 7.91. The van der Waals surface area contributed by atoms with Crippen LogP contribution < -0.4 is 4.72 Å². The first-order valence-electron chi connectivity index (χ1n) is 5.92. The van der Waals surface area contributed by atoms with Crippen LogP contribution in [0, 0.1) is 5.41 Å². The fourth-order valence-corrected chi connectivity index (χ4v) is 5.02. The summed E-state index contributed by atoms with van der Waals surface area (Å²) in [6, 6.07) is 0.0135. The zero-order valence-electron chi connectivity index (χ0n) is 10.4. The summed E-state index contributed by atoms with van der Waals surface area (Å²) in [4.78, 5) is 3.77. The maximum atomic E-state index is 12.1. The van der Waals surface area contributed by atoms with Crippen LogP contribution in [0.15, 0.2) is 10.4 Å². The molecule has 0 spiro atoms. The van der Waals surface area contributed by atoms with Gasteiger partial charge in [0.05, 0.1) is 6.20 Å². The molecule has 4 nitrogen and oxygen atoms in total. The highest BCUT2D eigenvalue weighted by atomic mass is 35.5. The molecule has 0 aromatic carbocycles. The number of sulfonamides is 1. The van der Waals surface area contributed by atoms with E-state index in [-0.39, 0.29) is 20.1 Å². The third kappa shape index (κ3) is 3.44. The van der Waals surface area contributed by atoms with Crippen molar-refractivity contribution in [3.63, 3.8) is 0 Å². The molecule has 102 valence electrons. The molecule has 0 bridgehead atoms. The van der Waals surface area contributed by atoms with Crippen LogP contribution in [0.1, 0.15) is 39.5 Å². The largest absolute Gasteiger partial charge is 0.251 e. The van der Waals surface area contributed by atoms with Crippen LogP contribution in [0.3, 0.4) is 0 Å². The van der Waals surface area contributed by atoms with Crippen LogP contribution in [0.25, 0.3) is 0 Å². The summed E-state index contributed by atoms with van der Waals surface area (Å²) in [5.41, 5.74) is 0.205. The molecule has 0 amide bonds. The standard InChI is InChI=1S/C11H17ClN2O2S2/c1-11(2)5-3-4-8(6-11)14-18(15,16)9-7-13-10(12)17-9/h7-8,14H,3-6H2,1-2H3. The first kappa shape index (κ1) is 14.2. The van der Waals surface area contributed by atoms with Gasteiger partial charge in [0.1, 0.15) is 0 Å². The van der Waals surface area contributed by atoms with E-state index in [4.69, 9.17) is 11.6 Å². The SMILES string of the molecule is CC1(C)CCCC(NS(=O)(=O)c2cnc(Cl)s2)C1. The fraction of sp³-hybridized carbons (Fsp3) is 0.727. The van der Waals surface area contributed by atoms with Crippen molar-refractivity contribution >= 4 is 33.0 Å². The summed E-state index contributed by atoms with van der Waals surface area (Å²) in [7, 11) is -3.47. The molecule has 7 heteroatoms. The minimum atomic E-state index is -3.47. The summed E-state index contributed by atoms with van der Waals surface area (Å²) < 4.78 is 27.5. The van der Waals surface area contributed by atoms with Crippen LogP contribution in [0.4, 0.5) is 0 Å². The van der Waals surface area contributed by atoms with Crippen molar-refractivity contribution in [2.24, 2.45) is 5.41 Å². The molecule has 1 fully saturated rings. The Morgan fingerprint density at radius 1 is 1.56 bits per heavy atom. The Balaban J connectivity index is 2.09. The number of aromatic nitrogens is 1. The van der Waals surface area contributed by atoms with E-state index < -0.39 is 10.0 Å². The lowest BCUT2D eigenvalue weighted by Gasteiger charge is -2.35. The van der Waals surface area contributed by atoms with Crippen LogP contribution in [-0.2, 0) is 10.0 Å². The van der Waals surface area contributed by atoms with Gasteiger partial charge < -0.3 is 0 Å². The van der Waals surface area contributed by atoms with Crippen molar-refractivity contribution in [2.45, 2.75) is 49.8 Å². The molecule has 18 heavy (non-hydrogen) atoms. The first-order valence-corrected chi connectivity index (χ1v) is 8.60. The number of nitrogens with zero attached hydrogens (tertiary/aromatic N) is 1. The molecule has 1 saturated carbocycles. The van der Waals surface area contributed by atoms with Gasteiger partial charge in [-0.05, 0) is 24.7 Å². The van der Waals surface area contributed by atoms with Gasteiger partial charge in [-0.3, -0.25) is 0 Å². The van der Waals surface area contributed by atoms with Gasteiger partial charge in [-0.15, -0.1) is 0 Å².